The first kappa shape index (κ1) is 15.1. The molecule has 1 aliphatic carbocycles. The smallest absolute Gasteiger partial charge is 0.265 e. The largest absolute Gasteiger partial charge is 0.382 e. The van der Waals surface area contributed by atoms with Crippen LogP contribution in [0.4, 0.5) is 10.9 Å². The lowest BCUT2D eigenvalue weighted by atomic mass is 10.2. The molecule has 0 saturated heterocycles. The van der Waals surface area contributed by atoms with Crippen molar-refractivity contribution in [3.8, 4) is 0 Å². The number of methoxy groups -OCH3 is 1. The second-order valence-electron chi connectivity index (χ2n) is 5.37. The highest BCUT2D eigenvalue weighted by molar-refractivity contribution is 7.18. The molecule has 2 rings (SSSR count). The number of carbonyl (C=O) groups excluding carboxylic acids is 1. The highest BCUT2D eigenvalue weighted by Crippen LogP contribution is 2.27. The predicted molar refractivity (Wildman–Crippen MR) is 81.2 cm³/mol. The van der Waals surface area contributed by atoms with Gasteiger partial charge in [0.25, 0.3) is 5.91 Å². The lowest BCUT2D eigenvalue weighted by Gasteiger charge is -2.12. The van der Waals surface area contributed by atoms with Crippen molar-refractivity contribution in [3.05, 3.63) is 4.88 Å². The van der Waals surface area contributed by atoms with Crippen LogP contribution in [0.25, 0.3) is 0 Å². The van der Waals surface area contributed by atoms with Crippen LogP contribution in [0.2, 0.25) is 0 Å². The predicted octanol–water partition coefficient (Wildman–Crippen LogP) is 1.84. The molecule has 6 nitrogen and oxygen atoms in total. The number of nitrogens with two attached hydrogens (primary N) is 1. The van der Waals surface area contributed by atoms with Crippen molar-refractivity contribution < 1.29 is 9.53 Å². The highest BCUT2D eigenvalue weighted by atomic mass is 32.1. The number of anilines is 2. The topological polar surface area (TPSA) is 89.3 Å². The summed E-state index contributed by atoms with van der Waals surface area (Å²) in [6, 6.07) is 0.421. The summed E-state index contributed by atoms with van der Waals surface area (Å²) in [7, 11) is 1.71. The van der Waals surface area contributed by atoms with Crippen LogP contribution in [0.5, 0.6) is 0 Å². The van der Waals surface area contributed by atoms with Gasteiger partial charge in [-0.05, 0) is 33.1 Å². The second-order valence-corrected chi connectivity index (χ2v) is 6.37. The molecule has 20 heavy (non-hydrogen) atoms. The van der Waals surface area contributed by atoms with Gasteiger partial charge in [-0.15, -0.1) is 0 Å². The van der Waals surface area contributed by atoms with Crippen LogP contribution in [0.15, 0.2) is 0 Å². The molecule has 0 bridgehead atoms. The van der Waals surface area contributed by atoms with Crippen LogP contribution < -0.4 is 16.4 Å². The number of ether oxygens (including phenoxy) is 1. The number of carbonyl (C=O) groups is 1. The van der Waals surface area contributed by atoms with E-state index in [0.29, 0.717) is 10.0 Å². The molecule has 112 valence electrons. The molecule has 1 aromatic heterocycles. The fourth-order valence-electron chi connectivity index (χ4n) is 2.34. The summed E-state index contributed by atoms with van der Waals surface area (Å²) < 4.78 is 5.30. The zero-order valence-electron chi connectivity index (χ0n) is 12.1. The fraction of sp³-hybridized carbons (Fsp3) is 0.692. The summed E-state index contributed by atoms with van der Waals surface area (Å²) in [4.78, 5) is 16.9. The van der Waals surface area contributed by atoms with E-state index in [0.717, 1.165) is 19.3 Å². The number of rotatable bonds is 5. The zero-order valence-corrected chi connectivity index (χ0v) is 12.9. The van der Waals surface area contributed by atoms with Crippen molar-refractivity contribution in [2.24, 2.45) is 0 Å². The van der Waals surface area contributed by atoms with Gasteiger partial charge in [-0.2, -0.15) is 0 Å². The van der Waals surface area contributed by atoms with E-state index in [9.17, 15) is 4.79 Å². The van der Waals surface area contributed by atoms with Gasteiger partial charge in [0.2, 0.25) is 0 Å². The van der Waals surface area contributed by atoms with Crippen LogP contribution in [0.1, 0.15) is 42.8 Å². The molecule has 0 aromatic carbocycles. The number of amides is 1. The number of nitrogen functional groups attached to an aromatic ring is 1. The molecule has 7 heteroatoms. The first-order valence-corrected chi connectivity index (χ1v) is 7.67. The van der Waals surface area contributed by atoms with E-state index in [2.05, 4.69) is 15.6 Å². The average Bonchev–Trinajstić information content (AvgIpc) is 2.95. The van der Waals surface area contributed by atoms with Gasteiger partial charge in [0.15, 0.2) is 5.13 Å². The molecule has 1 amide bonds. The molecule has 1 fully saturated rings. The Kier molecular flexibility index (Phi) is 4.82. The molecule has 0 aliphatic heterocycles. The Balaban J connectivity index is 1.97. The third-order valence-corrected chi connectivity index (χ3v) is 4.33. The third-order valence-electron chi connectivity index (χ3n) is 3.32. The molecule has 2 atom stereocenters. The van der Waals surface area contributed by atoms with Crippen LogP contribution in [0, 0.1) is 0 Å². The van der Waals surface area contributed by atoms with Gasteiger partial charge in [-0.1, -0.05) is 11.3 Å². The molecular weight excluding hydrogens is 276 g/mol. The van der Waals surface area contributed by atoms with Gasteiger partial charge >= 0.3 is 0 Å². The van der Waals surface area contributed by atoms with E-state index in [1.165, 1.54) is 11.3 Å². The minimum atomic E-state index is -0.140. The van der Waals surface area contributed by atoms with Crippen molar-refractivity contribution in [3.63, 3.8) is 0 Å². The lowest BCUT2D eigenvalue weighted by molar-refractivity contribution is 0.0919. The Morgan fingerprint density at radius 2 is 2.25 bits per heavy atom. The zero-order chi connectivity index (χ0) is 14.7. The maximum Gasteiger partial charge on any atom is 0.265 e. The molecule has 0 radical (unpaired) electrons. The van der Waals surface area contributed by atoms with E-state index in [4.69, 9.17) is 10.5 Å². The number of hydrogen-bond donors (Lipinski definition) is 3. The molecule has 1 saturated carbocycles. The first-order chi connectivity index (χ1) is 9.49. The summed E-state index contributed by atoms with van der Waals surface area (Å²) in [5, 5.41) is 6.85. The number of aromatic nitrogens is 1. The molecule has 1 aliphatic rings. The van der Waals surface area contributed by atoms with E-state index in [1.54, 1.807) is 7.11 Å². The van der Waals surface area contributed by atoms with E-state index in [1.807, 2.05) is 13.8 Å². The first-order valence-electron chi connectivity index (χ1n) is 6.86. The maximum atomic E-state index is 12.2. The second kappa shape index (κ2) is 6.41. The molecule has 1 heterocycles. The number of nitrogens with one attached hydrogen (secondary N) is 2. The standard InChI is InChI=1S/C13H22N4O2S/c1-7(2)15-13-17-11(14)10(20-13)12(18)16-8-4-5-9(6-8)19-3/h7-9H,4-6,14H2,1-3H3,(H,15,17)(H,16,18). The highest BCUT2D eigenvalue weighted by Gasteiger charge is 2.27. The molecule has 1 aromatic rings. The van der Waals surface area contributed by atoms with Crippen molar-refractivity contribution >= 4 is 28.2 Å². The lowest BCUT2D eigenvalue weighted by Crippen LogP contribution is -2.33. The maximum absolute atomic E-state index is 12.2. The molecule has 4 N–H and O–H groups in total. The Hall–Kier alpha value is -1.34. The van der Waals surface area contributed by atoms with Gasteiger partial charge < -0.3 is 21.1 Å². The Morgan fingerprint density at radius 1 is 1.50 bits per heavy atom. The minimum Gasteiger partial charge on any atom is -0.382 e. The minimum absolute atomic E-state index is 0.140. The van der Waals surface area contributed by atoms with Crippen LogP contribution >= 0.6 is 11.3 Å². The molecular formula is C13H22N4O2S. The van der Waals surface area contributed by atoms with Crippen LogP contribution in [-0.4, -0.2) is 36.2 Å². The summed E-state index contributed by atoms with van der Waals surface area (Å²) in [5.74, 6) is 0.149. The van der Waals surface area contributed by atoms with E-state index >= 15 is 0 Å². The van der Waals surface area contributed by atoms with Gasteiger partial charge in [-0.3, -0.25) is 4.79 Å². The third kappa shape index (κ3) is 3.61. The van der Waals surface area contributed by atoms with Gasteiger partial charge in [0, 0.05) is 19.2 Å². The van der Waals surface area contributed by atoms with Gasteiger partial charge in [0.1, 0.15) is 10.7 Å². The monoisotopic (exact) mass is 298 g/mol. The Morgan fingerprint density at radius 3 is 2.85 bits per heavy atom. The van der Waals surface area contributed by atoms with Crippen molar-refractivity contribution in [2.45, 2.75) is 51.3 Å². The Labute approximate surface area is 123 Å². The Bertz CT molecular complexity index is 475. The van der Waals surface area contributed by atoms with Crippen molar-refractivity contribution in [1.82, 2.24) is 10.3 Å². The number of hydrogen-bond acceptors (Lipinski definition) is 6. The van der Waals surface area contributed by atoms with Crippen LogP contribution in [0.3, 0.4) is 0 Å². The van der Waals surface area contributed by atoms with Crippen molar-refractivity contribution in [1.29, 1.82) is 0 Å². The molecule has 2 unspecified atom stereocenters. The van der Waals surface area contributed by atoms with Gasteiger partial charge in [0.05, 0.1) is 6.10 Å². The fourth-order valence-corrected chi connectivity index (χ4v) is 3.27. The van der Waals surface area contributed by atoms with Crippen molar-refractivity contribution in [2.75, 3.05) is 18.2 Å². The van der Waals surface area contributed by atoms with Gasteiger partial charge in [-0.25, -0.2) is 4.98 Å². The molecule has 0 spiro atoms. The summed E-state index contributed by atoms with van der Waals surface area (Å²) in [5.41, 5.74) is 5.82. The number of thiazole rings is 1. The summed E-state index contributed by atoms with van der Waals surface area (Å²) >= 11 is 1.30. The summed E-state index contributed by atoms with van der Waals surface area (Å²) in [6.45, 7) is 4.03. The normalized spacial score (nSPS) is 22.2. The van der Waals surface area contributed by atoms with E-state index in [-0.39, 0.29) is 29.9 Å². The SMILES string of the molecule is COC1CCC(NC(=O)c2sc(NC(C)C)nc2N)C1. The number of nitrogens with zero attached hydrogens (tertiary/aromatic N) is 1. The average molecular weight is 298 g/mol. The summed E-state index contributed by atoms with van der Waals surface area (Å²) in [6.07, 6.45) is 3.04. The van der Waals surface area contributed by atoms with E-state index < -0.39 is 0 Å². The quantitative estimate of drug-likeness (QED) is 0.772. The van der Waals surface area contributed by atoms with Crippen LogP contribution in [-0.2, 0) is 4.74 Å².